The molecule has 0 aliphatic carbocycles. The van der Waals surface area contributed by atoms with E-state index in [-0.39, 0.29) is 18.5 Å². The number of carbonyl (C=O) groups excluding carboxylic acids is 1. The first-order valence-corrected chi connectivity index (χ1v) is 11.5. The van der Waals surface area contributed by atoms with Crippen molar-refractivity contribution in [3.8, 4) is 0 Å². The van der Waals surface area contributed by atoms with Gasteiger partial charge in [-0.15, -0.1) is 0 Å². The molecule has 160 valence electrons. The highest BCUT2D eigenvalue weighted by atomic mass is 16.5. The van der Waals surface area contributed by atoms with Crippen LogP contribution in [0, 0.1) is 0 Å². The number of carbonyl (C=O) groups is 2. The lowest BCUT2D eigenvalue weighted by atomic mass is 10.0. The first-order chi connectivity index (χ1) is 13.1. The molecule has 0 aliphatic heterocycles. The van der Waals surface area contributed by atoms with Gasteiger partial charge in [0.2, 0.25) is 0 Å². The van der Waals surface area contributed by atoms with Gasteiger partial charge in [0.15, 0.2) is 0 Å². The van der Waals surface area contributed by atoms with E-state index in [1.165, 1.54) is 51.4 Å². The molecule has 1 atom stereocenters. The van der Waals surface area contributed by atoms with Crippen LogP contribution in [0.4, 0.5) is 0 Å². The molecule has 0 bridgehead atoms. The molecule has 27 heavy (non-hydrogen) atoms. The molecule has 4 heteroatoms. The van der Waals surface area contributed by atoms with Crippen molar-refractivity contribution < 1.29 is 19.4 Å². The summed E-state index contributed by atoms with van der Waals surface area (Å²) in [4.78, 5) is 22.7. The molecule has 0 aromatic rings. The molecule has 1 unspecified atom stereocenters. The highest BCUT2D eigenvalue weighted by Gasteiger charge is 2.14. The first-order valence-electron chi connectivity index (χ1n) is 11.5. The van der Waals surface area contributed by atoms with Gasteiger partial charge in [0.05, 0.1) is 0 Å². The van der Waals surface area contributed by atoms with Gasteiger partial charge in [0, 0.05) is 12.8 Å². The molecule has 0 aliphatic rings. The first kappa shape index (κ1) is 25.9. The molecule has 0 saturated carbocycles. The van der Waals surface area contributed by atoms with E-state index in [0.29, 0.717) is 12.8 Å². The van der Waals surface area contributed by atoms with Crippen molar-refractivity contribution in [1.29, 1.82) is 0 Å². The Morgan fingerprint density at radius 1 is 0.667 bits per heavy atom. The normalized spacial score (nSPS) is 12.1. The minimum Gasteiger partial charge on any atom is -0.481 e. The van der Waals surface area contributed by atoms with E-state index < -0.39 is 5.97 Å². The number of hydrogen-bond acceptors (Lipinski definition) is 3. The summed E-state index contributed by atoms with van der Waals surface area (Å²) in [6, 6.07) is 0. The molecule has 0 heterocycles. The molecule has 0 aromatic carbocycles. The maximum absolute atomic E-state index is 12.2. The summed E-state index contributed by atoms with van der Waals surface area (Å²) in [5.41, 5.74) is 0. The van der Waals surface area contributed by atoms with Gasteiger partial charge < -0.3 is 9.84 Å². The van der Waals surface area contributed by atoms with E-state index in [1.807, 2.05) is 0 Å². The van der Waals surface area contributed by atoms with Gasteiger partial charge in [0.1, 0.15) is 6.10 Å². The highest BCUT2D eigenvalue weighted by Crippen LogP contribution is 2.17. The van der Waals surface area contributed by atoms with Crippen LogP contribution in [0.2, 0.25) is 0 Å². The minimum atomic E-state index is -0.729. The Kier molecular flexibility index (Phi) is 18.9. The highest BCUT2D eigenvalue weighted by molar-refractivity contribution is 5.69. The second-order valence-corrected chi connectivity index (χ2v) is 7.83. The summed E-state index contributed by atoms with van der Waals surface area (Å²) in [6.45, 7) is 4.42. The Hall–Kier alpha value is -1.06. The van der Waals surface area contributed by atoms with Crippen molar-refractivity contribution in [2.45, 2.75) is 136 Å². The molecule has 4 nitrogen and oxygen atoms in total. The van der Waals surface area contributed by atoms with Crippen LogP contribution in [0.5, 0.6) is 0 Å². The van der Waals surface area contributed by atoms with Gasteiger partial charge in [-0.25, -0.2) is 0 Å². The fourth-order valence-electron chi connectivity index (χ4n) is 3.36. The Morgan fingerprint density at radius 2 is 1.11 bits per heavy atom. The number of ether oxygens (including phenoxy) is 1. The number of rotatable bonds is 20. The van der Waals surface area contributed by atoms with Crippen molar-refractivity contribution in [3.05, 3.63) is 0 Å². The van der Waals surface area contributed by atoms with Crippen LogP contribution in [-0.4, -0.2) is 23.1 Å². The van der Waals surface area contributed by atoms with Crippen LogP contribution < -0.4 is 0 Å². The lowest BCUT2D eigenvalue weighted by Crippen LogP contribution is -2.18. The van der Waals surface area contributed by atoms with Gasteiger partial charge in [-0.1, -0.05) is 78.1 Å². The number of hydrogen-bond donors (Lipinski definition) is 1. The molecule has 1 N–H and O–H groups in total. The van der Waals surface area contributed by atoms with Crippen LogP contribution in [0.25, 0.3) is 0 Å². The second kappa shape index (κ2) is 19.7. The predicted octanol–water partition coefficient (Wildman–Crippen LogP) is 7.04. The molecule has 0 spiro atoms. The monoisotopic (exact) mass is 384 g/mol. The van der Waals surface area contributed by atoms with E-state index >= 15 is 0 Å². The fraction of sp³-hybridized carbons (Fsp3) is 0.913. The van der Waals surface area contributed by atoms with Crippen LogP contribution in [0.3, 0.4) is 0 Å². The Bertz CT molecular complexity index is 354. The van der Waals surface area contributed by atoms with Gasteiger partial charge in [-0.3, -0.25) is 9.59 Å². The quantitative estimate of drug-likeness (QED) is 0.180. The maximum atomic E-state index is 12.2. The SMILES string of the molecule is CCCCCCCCCC(=O)OC(CCCCCC)CCCCCC(=O)O. The number of unbranched alkanes of at least 4 members (excludes halogenated alkanes) is 11. The summed E-state index contributed by atoms with van der Waals surface area (Å²) in [6.07, 6.45) is 18.3. The number of carboxylic acid groups (broad SMARTS) is 1. The van der Waals surface area contributed by atoms with Crippen molar-refractivity contribution in [1.82, 2.24) is 0 Å². The lowest BCUT2D eigenvalue weighted by molar-refractivity contribution is -0.150. The van der Waals surface area contributed by atoms with Crippen molar-refractivity contribution in [3.63, 3.8) is 0 Å². The van der Waals surface area contributed by atoms with Crippen molar-refractivity contribution >= 4 is 11.9 Å². The smallest absolute Gasteiger partial charge is 0.306 e. The zero-order valence-electron chi connectivity index (χ0n) is 18.0. The average Bonchev–Trinajstić information content (AvgIpc) is 2.63. The number of aliphatic carboxylic acids is 1. The summed E-state index contributed by atoms with van der Waals surface area (Å²) in [5, 5.41) is 8.70. The fourth-order valence-corrected chi connectivity index (χ4v) is 3.36. The predicted molar refractivity (Wildman–Crippen MR) is 112 cm³/mol. The van der Waals surface area contributed by atoms with Crippen molar-refractivity contribution in [2.24, 2.45) is 0 Å². The van der Waals surface area contributed by atoms with E-state index in [1.54, 1.807) is 0 Å². The topological polar surface area (TPSA) is 63.6 Å². The summed E-state index contributed by atoms with van der Waals surface area (Å²) in [5.74, 6) is -0.776. The third kappa shape index (κ3) is 19.5. The molecular weight excluding hydrogens is 340 g/mol. The summed E-state index contributed by atoms with van der Waals surface area (Å²) < 4.78 is 5.75. The van der Waals surface area contributed by atoms with E-state index in [2.05, 4.69) is 13.8 Å². The standard InChI is InChI=1S/C23H44O4/c1-3-5-7-9-10-11-16-20-23(26)27-21(17-13-8-6-4-2)18-14-12-15-19-22(24)25/h21H,3-20H2,1-2H3,(H,24,25). The van der Waals surface area contributed by atoms with Gasteiger partial charge in [-0.05, 0) is 38.5 Å². The molecule has 0 amide bonds. The third-order valence-corrected chi connectivity index (χ3v) is 5.08. The van der Waals surface area contributed by atoms with E-state index in [0.717, 1.165) is 44.9 Å². The molecule has 0 radical (unpaired) electrons. The minimum absolute atomic E-state index is 0.0174. The third-order valence-electron chi connectivity index (χ3n) is 5.08. The van der Waals surface area contributed by atoms with Gasteiger partial charge in [0.25, 0.3) is 0 Å². The Labute approximate surface area is 167 Å². The zero-order chi connectivity index (χ0) is 20.2. The maximum Gasteiger partial charge on any atom is 0.306 e. The van der Waals surface area contributed by atoms with Crippen LogP contribution in [-0.2, 0) is 14.3 Å². The lowest BCUT2D eigenvalue weighted by Gasteiger charge is -2.18. The number of carboxylic acids is 1. The van der Waals surface area contributed by atoms with E-state index in [4.69, 9.17) is 9.84 Å². The van der Waals surface area contributed by atoms with E-state index in [9.17, 15) is 9.59 Å². The van der Waals surface area contributed by atoms with Crippen molar-refractivity contribution in [2.75, 3.05) is 0 Å². The second-order valence-electron chi connectivity index (χ2n) is 7.83. The molecule has 0 saturated heterocycles. The summed E-state index contributed by atoms with van der Waals surface area (Å²) >= 11 is 0. The summed E-state index contributed by atoms with van der Waals surface area (Å²) in [7, 11) is 0. The van der Waals surface area contributed by atoms with Crippen LogP contribution in [0.15, 0.2) is 0 Å². The van der Waals surface area contributed by atoms with Gasteiger partial charge in [-0.2, -0.15) is 0 Å². The largest absolute Gasteiger partial charge is 0.481 e. The Morgan fingerprint density at radius 3 is 1.67 bits per heavy atom. The Balaban J connectivity index is 3.96. The molecule has 0 aromatic heterocycles. The van der Waals surface area contributed by atoms with Crippen LogP contribution in [0.1, 0.15) is 129 Å². The molecule has 0 rings (SSSR count). The average molecular weight is 385 g/mol. The zero-order valence-corrected chi connectivity index (χ0v) is 18.0. The van der Waals surface area contributed by atoms with Gasteiger partial charge >= 0.3 is 11.9 Å². The van der Waals surface area contributed by atoms with Crippen LogP contribution >= 0.6 is 0 Å². The molecule has 0 fully saturated rings. The number of esters is 1. The molecular formula is C23H44O4.